The number of rotatable bonds is 10. The van der Waals surface area contributed by atoms with E-state index >= 15 is 0 Å². The molecular formula is C137H88N2O2. The SMILES string of the molecule is c1ccc(-n2c3ccccc3c3ccc(-c4ccc5c(c4)c4ccccc4n5-c4ccc5c(c4)-c4ccccc4C5)cc32)cc1.c1ccc(C2c3ccccc3-c3ccc(-c4ccc5c(c4)-c4ccccc4C5c4cccc5oc6ccccc6c45)cc32)cc1.c1ccc(C2c3ccccc3-c3ccc(-c4ccc5c(c4)-c4ccccc4C5c4ccccc4-c4cccc5c4oc4ccccc45)cc32)cc1. The first-order valence-corrected chi connectivity index (χ1v) is 49.2. The molecule has 0 fully saturated rings. The average molecular weight is 1790 g/mol. The van der Waals surface area contributed by atoms with E-state index in [9.17, 15) is 0 Å². The van der Waals surface area contributed by atoms with Crippen LogP contribution in [-0.2, 0) is 6.42 Å². The van der Waals surface area contributed by atoms with E-state index in [0.717, 1.165) is 45.1 Å². The highest BCUT2D eigenvalue weighted by Crippen LogP contribution is 2.58. The first-order valence-electron chi connectivity index (χ1n) is 49.2. The van der Waals surface area contributed by atoms with E-state index in [0.29, 0.717) is 0 Å². The third-order valence-corrected chi connectivity index (χ3v) is 31.1. The molecule has 0 spiro atoms. The van der Waals surface area contributed by atoms with E-state index < -0.39 is 0 Å². The number of fused-ring (bicyclic) bond motifs is 27. The van der Waals surface area contributed by atoms with Gasteiger partial charge in [0.05, 0.1) is 22.1 Å². The van der Waals surface area contributed by atoms with Crippen LogP contribution in [0.2, 0.25) is 0 Å². The molecule has 5 aliphatic carbocycles. The molecule has 0 saturated heterocycles. The molecule has 22 aromatic carbocycles. The van der Waals surface area contributed by atoms with Crippen LogP contribution in [0.5, 0.6) is 0 Å². The van der Waals surface area contributed by atoms with Crippen LogP contribution in [0.25, 0.3) is 199 Å². The Kier molecular flexibility index (Phi) is 18.4. The van der Waals surface area contributed by atoms with Gasteiger partial charge in [0.15, 0.2) is 0 Å². The van der Waals surface area contributed by atoms with E-state index in [1.54, 1.807) is 0 Å². The highest BCUT2D eigenvalue weighted by Gasteiger charge is 2.38. The Labute approximate surface area is 816 Å². The molecule has 0 saturated carbocycles. The summed E-state index contributed by atoms with van der Waals surface area (Å²) in [5.74, 6) is 0.719. The molecule has 4 nitrogen and oxygen atoms in total. The van der Waals surface area contributed by atoms with Crippen molar-refractivity contribution in [3.63, 3.8) is 0 Å². The Hall–Kier alpha value is -18.0. The second-order valence-electron chi connectivity index (χ2n) is 38.5. The van der Waals surface area contributed by atoms with Crippen molar-refractivity contribution in [3.8, 4) is 112 Å². The van der Waals surface area contributed by atoms with Crippen molar-refractivity contribution in [2.24, 2.45) is 0 Å². The molecule has 4 aromatic heterocycles. The van der Waals surface area contributed by atoms with Crippen LogP contribution in [0.1, 0.15) is 102 Å². The van der Waals surface area contributed by atoms with Crippen LogP contribution in [0.4, 0.5) is 0 Å². The lowest BCUT2D eigenvalue weighted by atomic mass is 9.83. The molecule has 141 heavy (non-hydrogen) atoms. The van der Waals surface area contributed by atoms with E-state index in [1.807, 2.05) is 12.1 Å². The number of hydrogen-bond donors (Lipinski definition) is 0. The van der Waals surface area contributed by atoms with Gasteiger partial charge in [-0.25, -0.2) is 0 Å². The van der Waals surface area contributed by atoms with Crippen LogP contribution in [0.15, 0.2) is 506 Å². The lowest BCUT2D eigenvalue weighted by Crippen LogP contribution is -2.02. The monoisotopic (exact) mass is 1790 g/mol. The first kappa shape index (κ1) is 80.3. The zero-order chi connectivity index (χ0) is 92.4. The molecule has 31 rings (SSSR count). The minimum Gasteiger partial charge on any atom is -0.456 e. The minimum absolute atomic E-state index is 0.109. The van der Waals surface area contributed by atoms with E-state index in [2.05, 4.69) is 494 Å². The van der Waals surface area contributed by atoms with E-state index in [1.165, 1.54) is 238 Å². The Morgan fingerprint density at radius 2 is 0.546 bits per heavy atom. The van der Waals surface area contributed by atoms with Gasteiger partial charge in [-0.1, -0.05) is 400 Å². The Morgan fingerprint density at radius 3 is 1.16 bits per heavy atom. The summed E-state index contributed by atoms with van der Waals surface area (Å²) in [6.07, 6.45) is 1.01. The van der Waals surface area contributed by atoms with Crippen LogP contribution in [0, 0.1) is 0 Å². The molecule has 4 heteroatoms. The zero-order valence-electron chi connectivity index (χ0n) is 77.1. The fourth-order valence-corrected chi connectivity index (χ4v) is 24.9. The van der Waals surface area contributed by atoms with Crippen molar-refractivity contribution < 1.29 is 8.83 Å². The Morgan fingerprint density at radius 1 is 0.170 bits per heavy atom. The van der Waals surface area contributed by atoms with Crippen molar-refractivity contribution in [1.29, 1.82) is 0 Å². The third kappa shape index (κ3) is 12.8. The summed E-state index contributed by atoms with van der Waals surface area (Å²) in [5, 5.41) is 9.80. The predicted octanol–water partition coefficient (Wildman–Crippen LogP) is 35.9. The summed E-state index contributed by atoms with van der Waals surface area (Å²) in [6, 6.07) is 183. The van der Waals surface area contributed by atoms with Gasteiger partial charge >= 0.3 is 0 Å². The normalized spacial score (nSPS) is 14.6. The zero-order valence-corrected chi connectivity index (χ0v) is 77.1. The maximum absolute atomic E-state index is 6.55. The van der Waals surface area contributed by atoms with E-state index in [4.69, 9.17) is 8.83 Å². The number of aromatic nitrogens is 2. The Bertz CT molecular complexity index is 9640. The van der Waals surface area contributed by atoms with Gasteiger partial charge in [0, 0.05) is 83.7 Å². The maximum atomic E-state index is 6.55. The van der Waals surface area contributed by atoms with Crippen molar-refractivity contribution >= 4 is 87.5 Å². The molecule has 0 amide bonds. The fraction of sp³-hybridized carbons (Fsp3) is 0.0365. The molecule has 5 aliphatic rings. The van der Waals surface area contributed by atoms with Gasteiger partial charge in [-0.15, -0.1) is 0 Å². The molecule has 658 valence electrons. The van der Waals surface area contributed by atoms with Crippen LogP contribution in [-0.4, -0.2) is 9.13 Å². The predicted molar refractivity (Wildman–Crippen MR) is 584 cm³/mol. The fourth-order valence-electron chi connectivity index (χ4n) is 24.9. The van der Waals surface area contributed by atoms with Gasteiger partial charge in [0.2, 0.25) is 0 Å². The number of para-hydroxylation sites is 6. The van der Waals surface area contributed by atoms with Crippen molar-refractivity contribution in [2.75, 3.05) is 0 Å². The lowest BCUT2D eigenvalue weighted by Gasteiger charge is -2.19. The van der Waals surface area contributed by atoms with Gasteiger partial charge in [0.1, 0.15) is 22.3 Å². The van der Waals surface area contributed by atoms with Gasteiger partial charge < -0.3 is 18.0 Å². The highest BCUT2D eigenvalue weighted by atomic mass is 16.3. The molecule has 26 aromatic rings. The second-order valence-corrected chi connectivity index (χ2v) is 38.5. The molecule has 4 atom stereocenters. The van der Waals surface area contributed by atoms with E-state index in [-0.39, 0.29) is 23.7 Å². The quantitative estimate of drug-likeness (QED) is 0.137. The standard InChI is InChI=1S/C50H32O.C44H28O.C43H28N2/c1-2-13-31(14-3-1)48-39-19-7-4-15-34(39)37-27-25-33(30-46(37)48)32-26-28-42-45(29-32)36-17-6-9-21-41(36)49(42)40-20-8-5-16-35(40)43-22-12-23-44-38-18-10-11-24-47(38)51-50(43)44;1-2-11-27(12-3-1)42-33-15-6-4-13-30(33)32-23-21-29(26-39(32)42)28-22-24-35-38(25-28)31-14-5-7-16-34(31)43(35)37-18-10-20-41-44(37)36-17-8-9-19-40(36)45-41;1-2-11-32(12-3-1)44-40-16-8-6-14-35(40)37-22-19-29(26-43(37)44)28-20-23-42-39(25-28)36-15-7-9-17-41(36)45(42)33-21-18-31-24-30-10-4-5-13-34(30)38(31)27-33/h1-30,48-49H;1-26,42-43H;1-23,25-27H,24H2. The summed E-state index contributed by atoms with van der Waals surface area (Å²) in [6.45, 7) is 0. The number of hydrogen-bond acceptors (Lipinski definition) is 2. The maximum Gasteiger partial charge on any atom is 0.143 e. The summed E-state index contributed by atoms with van der Waals surface area (Å²) in [5.41, 5.74) is 53.3. The molecule has 4 unspecified atom stereocenters. The molecule has 0 aliphatic heterocycles. The van der Waals surface area contributed by atoms with Gasteiger partial charge in [-0.2, -0.15) is 0 Å². The number of benzene rings is 22. The Balaban J connectivity index is 0.000000102. The van der Waals surface area contributed by atoms with Gasteiger partial charge in [-0.3, -0.25) is 0 Å². The molecule has 0 N–H and O–H groups in total. The molecule has 0 bridgehead atoms. The lowest BCUT2D eigenvalue weighted by molar-refractivity contribution is 0.668. The first-order chi connectivity index (χ1) is 70.0. The van der Waals surface area contributed by atoms with Gasteiger partial charge in [0.25, 0.3) is 0 Å². The van der Waals surface area contributed by atoms with Crippen LogP contribution >= 0.6 is 0 Å². The third-order valence-electron chi connectivity index (χ3n) is 31.1. The summed E-state index contributed by atoms with van der Waals surface area (Å²) >= 11 is 0. The summed E-state index contributed by atoms with van der Waals surface area (Å²) in [4.78, 5) is 0. The minimum atomic E-state index is 0.109. The molecular weight excluding hydrogens is 1710 g/mol. The van der Waals surface area contributed by atoms with Gasteiger partial charge in [-0.05, 0) is 276 Å². The largest absolute Gasteiger partial charge is 0.456 e. The summed E-state index contributed by atoms with van der Waals surface area (Å²) in [7, 11) is 0. The molecule has 4 heterocycles. The van der Waals surface area contributed by atoms with Crippen molar-refractivity contribution in [3.05, 3.63) is 575 Å². The van der Waals surface area contributed by atoms with Crippen LogP contribution in [0.3, 0.4) is 0 Å². The molecule has 0 radical (unpaired) electrons. The number of nitrogens with zero attached hydrogens (tertiary/aromatic N) is 2. The average Bonchev–Trinajstić information content (AvgIpc) is 1.59. The highest BCUT2D eigenvalue weighted by molar-refractivity contribution is 6.15. The van der Waals surface area contributed by atoms with Crippen molar-refractivity contribution in [2.45, 2.75) is 30.1 Å². The number of furan rings is 2. The van der Waals surface area contributed by atoms with Crippen LogP contribution < -0.4 is 0 Å². The smallest absolute Gasteiger partial charge is 0.143 e. The summed E-state index contributed by atoms with van der Waals surface area (Å²) < 4.78 is 17.7. The topological polar surface area (TPSA) is 36.1 Å². The van der Waals surface area contributed by atoms with Crippen molar-refractivity contribution in [1.82, 2.24) is 9.13 Å². The second kappa shape index (κ2) is 32.4.